The predicted octanol–water partition coefficient (Wildman–Crippen LogP) is 2.09. The van der Waals surface area contributed by atoms with Gasteiger partial charge in [-0.1, -0.05) is 0 Å². The number of carbonyl (C=O) groups excluding carboxylic acids is 2. The van der Waals surface area contributed by atoms with E-state index in [1.807, 2.05) is 0 Å². The van der Waals surface area contributed by atoms with Gasteiger partial charge in [0.05, 0.1) is 16.1 Å². The highest BCUT2D eigenvalue weighted by atomic mass is 32.1. The van der Waals surface area contributed by atoms with Gasteiger partial charge < -0.3 is 10.2 Å². The van der Waals surface area contributed by atoms with Gasteiger partial charge in [-0.2, -0.15) is 5.10 Å². The van der Waals surface area contributed by atoms with Gasteiger partial charge in [0.25, 0.3) is 5.91 Å². The summed E-state index contributed by atoms with van der Waals surface area (Å²) in [7, 11) is 1.75. The zero-order valence-corrected chi connectivity index (χ0v) is 12.4. The maximum atomic E-state index is 12.3. The lowest BCUT2D eigenvalue weighted by atomic mass is 10.3. The third-order valence-corrected chi connectivity index (χ3v) is 4.32. The van der Waals surface area contributed by atoms with Crippen LogP contribution in [-0.2, 0) is 11.3 Å². The molecule has 0 radical (unpaired) electrons. The van der Waals surface area contributed by atoms with E-state index in [1.54, 1.807) is 36.5 Å². The quantitative estimate of drug-likeness (QED) is 0.888. The van der Waals surface area contributed by atoms with Crippen molar-refractivity contribution < 1.29 is 9.59 Å². The Morgan fingerprint density at radius 1 is 1.48 bits per heavy atom. The first-order chi connectivity index (χ1) is 10.1. The summed E-state index contributed by atoms with van der Waals surface area (Å²) in [6, 6.07) is 3.53. The van der Waals surface area contributed by atoms with Crippen molar-refractivity contribution in [1.29, 1.82) is 0 Å². The van der Waals surface area contributed by atoms with E-state index in [1.165, 1.54) is 11.3 Å². The molecule has 7 heteroatoms. The molecule has 2 amide bonds. The number of thiophene rings is 1. The lowest BCUT2D eigenvalue weighted by Gasteiger charge is -2.14. The third-order valence-electron chi connectivity index (χ3n) is 3.33. The second-order valence-corrected chi connectivity index (χ2v) is 6.28. The van der Waals surface area contributed by atoms with E-state index >= 15 is 0 Å². The Morgan fingerprint density at radius 2 is 2.29 bits per heavy atom. The number of aromatic nitrogens is 2. The smallest absolute Gasteiger partial charge is 0.264 e. The van der Waals surface area contributed by atoms with Gasteiger partial charge in [-0.3, -0.25) is 14.7 Å². The molecule has 2 N–H and O–H groups in total. The average molecular weight is 304 g/mol. The first-order valence-corrected chi connectivity index (χ1v) is 7.59. The fourth-order valence-electron chi connectivity index (χ4n) is 1.99. The van der Waals surface area contributed by atoms with Gasteiger partial charge in [0.1, 0.15) is 0 Å². The van der Waals surface area contributed by atoms with E-state index in [9.17, 15) is 9.59 Å². The Hall–Kier alpha value is -2.15. The number of carbonyl (C=O) groups is 2. The van der Waals surface area contributed by atoms with Crippen LogP contribution >= 0.6 is 11.3 Å². The zero-order chi connectivity index (χ0) is 14.8. The standard InChI is InChI=1S/C14H16N4O2S/c1-18(8-9-6-15-16-7-9)14(20)11-4-5-12(21-11)17-13(19)10-2-3-10/h4-7,10H,2-3,8H2,1H3,(H,15,16)(H,17,19). The van der Waals surface area contributed by atoms with Crippen LogP contribution in [0.3, 0.4) is 0 Å². The van der Waals surface area contributed by atoms with Crippen LogP contribution in [-0.4, -0.2) is 34.0 Å². The Balaban J connectivity index is 1.61. The molecule has 0 spiro atoms. The molecule has 6 nitrogen and oxygen atoms in total. The van der Waals surface area contributed by atoms with Crippen LogP contribution in [0.1, 0.15) is 28.1 Å². The van der Waals surface area contributed by atoms with Gasteiger partial charge in [-0.05, 0) is 25.0 Å². The zero-order valence-electron chi connectivity index (χ0n) is 11.6. The van der Waals surface area contributed by atoms with Gasteiger partial charge in [-0.15, -0.1) is 11.3 Å². The normalized spacial score (nSPS) is 14.0. The van der Waals surface area contributed by atoms with E-state index in [0.717, 1.165) is 23.4 Å². The van der Waals surface area contributed by atoms with Gasteiger partial charge in [0, 0.05) is 31.3 Å². The number of aromatic amines is 1. The molecule has 110 valence electrons. The van der Waals surface area contributed by atoms with Crippen LogP contribution in [0.25, 0.3) is 0 Å². The van der Waals surface area contributed by atoms with E-state index in [-0.39, 0.29) is 17.7 Å². The van der Waals surface area contributed by atoms with Gasteiger partial charge >= 0.3 is 0 Å². The number of rotatable bonds is 5. The fourth-order valence-corrected chi connectivity index (χ4v) is 2.89. The first kappa shape index (κ1) is 13.8. The lowest BCUT2D eigenvalue weighted by molar-refractivity contribution is -0.117. The molecular weight excluding hydrogens is 288 g/mol. The highest BCUT2D eigenvalue weighted by Crippen LogP contribution is 2.31. The minimum absolute atomic E-state index is 0.0580. The Kier molecular flexibility index (Phi) is 3.74. The Morgan fingerprint density at radius 3 is 2.95 bits per heavy atom. The largest absolute Gasteiger partial charge is 0.337 e. The maximum Gasteiger partial charge on any atom is 0.264 e. The van der Waals surface area contributed by atoms with Crippen molar-refractivity contribution in [2.24, 2.45) is 5.92 Å². The van der Waals surface area contributed by atoms with E-state index in [0.29, 0.717) is 11.4 Å². The molecule has 1 saturated carbocycles. The summed E-state index contributed by atoms with van der Waals surface area (Å²) in [5.41, 5.74) is 0.949. The molecule has 2 aromatic rings. The molecule has 1 aliphatic rings. The second-order valence-electron chi connectivity index (χ2n) is 5.20. The molecule has 2 heterocycles. The van der Waals surface area contributed by atoms with Gasteiger partial charge in [0.2, 0.25) is 5.91 Å². The fraction of sp³-hybridized carbons (Fsp3) is 0.357. The van der Waals surface area contributed by atoms with Crippen molar-refractivity contribution in [3.8, 4) is 0 Å². The number of nitrogens with zero attached hydrogens (tertiary/aromatic N) is 2. The molecule has 0 unspecified atom stereocenters. The van der Waals surface area contributed by atoms with Crippen LogP contribution in [0, 0.1) is 5.92 Å². The molecule has 21 heavy (non-hydrogen) atoms. The minimum atomic E-state index is -0.0619. The minimum Gasteiger partial charge on any atom is -0.337 e. The topological polar surface area (TPSA) is 78.1 Å². The molecule has 1 fully saturated rings. The summed E-state index contributed by atoms with van der Waals surface area (Å²) in [6.45, 7) is 0.497. The average Bonchev–Trinajstić information content (AvgIpc) is 3.01. The van der Waals surface area contributed by atoms with Crippen LogP contribution < -0.4 is 5.32 Å². The summed E-state index contributed by atoms with van der Waals surface area (Å²) in [5, 5.41) is 10.2. The number of hydrogen-bond donors (Lipinski definition) is 2. The molecule has 0 bridgehead atoms. The molecule has 0 saturated heterocycles. The number of hydrogen-bond acceptors (Lipinski definition) is 4. The number of nitrogens with one attached hydrogen (secondary N) is 2. The molecule has 1 aliphatic carbocycles. The highest BCUT2D eigenvalue weighted by molar-refractivity contribution is 7.18. The van der Waals surface area contributed by atoms with Crippen molar-refractivity contribution in [2.75, 3.05) is 12.4 Å². The van der Waals surface area contributed by atoms with Crippen molar-refractivity contribution >= 4 is 28.2 Å². The Labute approximate surface area is 126 Å². The van der Waals surface area contributed by atoms with E-state index in [4.69, 9.17) is 0 Å². The van der Waals surface area contributed by atoms with Crippen LogP contribution in [0.5, 0.6) is 0 Å². The monoisotopic (exact) mass is 304 g/mol. The van der Waals surface area contributed by atoms with Crippen LogP contribution in [0.2, 0.25) is 0 Å². The molecule has 3 rings (SSSR count). The van der Waals surface area contributed by atoms with Crippen LogP contribution in [0.4, 0.5) is 5.00 Å². The lowest BCUT2D eigenvalue weighted by Crippen LogP contribution is -2.25. The molecule has 0 aliphatic heterocycles. The number of anilines is 1. The van der Waals surface area contributed by atoms with Crippen molar-refractivity contribution in [1.82, 2.24) is 15.1 Å². The molecular formula is C14H16N4O2S. The van der Waals surface area contributed by atoms with E-state index < -0.39 is 0 Å². The molecule has 0 aromatic carbocycles. The third kappa shape index (κ3) is 3.30. The van der Waals surface area contributed by atoms with Crippen molar-refractivity contribution in [2.45, 2.75) is 19.4 Å². The van der Waals surface area contributed by atoms with Gasteiger partial charge in [-0.25, -0.2) is 0 Å². The molecule has 0 atom stereocenters. The highest BCUT2D eigenvalue weighted by Gasteiger charge is 2.30. The molecule has 2 aromatic heterocycles. The summed E-state index contributed by atoms with van der Waals surface area (Å²) in [5.74, 6) is 0.158. The SMILES string of the molecule is CN(Cc1cn[nH]c1)C(=O)c1ccc(NC(=O)C2CC2)s1. The maximum absolute atomic E-state index is 12.3. The summed E-state index contributed by atoms with van der Waals surface area (Å²) < 4.78 is 0. The number of H-pyrrole nitrogens is 1. The van der Waals surface area contributed by atoms with Crippen LogP contribution in [0.15, 0.2) is 24.5 Å². The summed E-state index contributed by atoms with van der Waals surface area (Å²) in [6.07, 6.45) is 5.39. The van der Waals surface area contributed by atoms with Gasteiger partial charge in [0.15, 0.2) is 0 Å². The van der Waals surface area contributed by atoms with Crippen molar-refractivity contribution in [3.05, 3.63) is 35.0 Å². The number of amides is 2. The predicted molar refractivity (Wildman–Crippen MR) is 80.1 cm³/mol. The first-order valence-electron chi connectivity index (χ1n) is 6.77. The Bertz CT molecular complexity index is 646. The van der Waals surface area contributed by atoms with Crippen molar-refractivity contribution in [3.63, 3.8) is 0 Å². The summed E-state index contributed by atoms with van der Waals surface area (Å²) >= 11 is 1.31. The van der Waals surface area contributed by atoms with E-state index in [2.05, 4.69) is 15.5 Å². The summed E-state index contributed by atoms with van der Waals surface area (Å²) in [4.78, 5) is 26.2. The second kappa shape index (κ2) is 5.69.